The maximum Gasteiger partial charge on any atom is 0.339 e. The van der Waals surface area contributed by atoms with Crippen molar-refractivity contribution >= 4 is 26.8 Å². The molecule has 26 heavy (non-hydrogen) atoms. The molecule has 0 aliphatic carbocycles. The summed E-state index contributed by atoms with van der Waals surface area (Å²) in [6.45, 7) is 7.02. The van der Waals surface area contributed by atoms with Crippen LogP contribution in [0.25, 0.3) is 11.0 Å². The van der Waals surface area contributed by atoms with Gasteiger partial charge in [0, 0.05) is 5.56 Å². The molecule has 2 aromatic carbocycles. The van der Waals surface area contributed by atoms with Gasteiger partial charge in [0.2, 0.25) is 9.84 Å². The molecular weight excluding hydrogens is 352 g/mol. The van der Waals surface area contributed by atoms with E-state index in [0.29, 0.717) is 16.7 Å². The van der Waals surface area contributed by atoms with Gasteiger partial charge in [0.05, 0.1) is 9.80 Å². The molecule has 0 radical (unpaired) electrons. The summed E-state index contributed by atoms with van der Waals surface area (Å²) in [6, 6.07) is 8.23. The number of carboxylic acid groups (broad SMARTS) is 1. The lowest BCUT2D eigenvalue weighted by atomic mass is 9.82. The Hall–Kier alpha value is -2.60. The van der Waals surface area contributed by atoms with E-state index in [-0.39, 0.29) is 26.7 Å². The minimum absolute atomic E-state index is 0.0594. The molecule has 0 saturated carbocycles. The predicted octanol–water partition coefficient (Wildman–Crippen LogP) is 3.98. The van der Waals surface area contributed by atoms with Crippen molar-refractivity contribution in [2.75, 3.05) is 0 Å². The topological polar surface area (TPSA) is 91.7 Å². The van der Waals surface area contributed by atoms with Crippen LogP contribution in [0.5, 0.6) is 5.75 Å². The van der Waals surface area contributed by atoms with Gasteiger partial charge in [0.1, 0.15) is 11.3 Å². The molecule has 1 aliphatic heterocycles. The van der Waals surface area contributed by atoms with E-state index in [1.165, 1.54) is 13.0 Å². The molecule has 0 aromatic heterocycles. The molecule has 0 bridgehead atoms. The second-order valence-electron chi connectivity index (χ2n) is 7.43. The molecule has 0 fully saturated rings. The Kier molecular flexibility index (Phi) is 3.99. The number of phenols is 1. The van der Waals surface area contributed by atoms with Crippen molar-refractivity contribution in [3.63, 3.8) is 0 Å². The second kappa shape index (κ2) is 5.71. The number of hydrogen-bond donors (Lipinski definition) is 2. The zero-order chi connectivity index (χ0) is 19.4. The zero-order valence-electron chi connectivity index (χ0n) is 15.0. The summed E-state index contributed by atoms with van der Waals surface area (Å²) in [5.74, 6) is -1.61. The Morgan fingerprint density at radius 2 is 1.73 bits per heavy atom. The number of benzene rings is 2. The third-order valence-corrected chi connectivity index (χ3v) is 6.50. The van der Waals surface area contributed by atoms with Gasteiger partial charge in [0.15, 0.2) is 0 Å². The summed E-state index contributed by atoms with van der Waals surface area (Å²) in [5.41, 5.74) is 0.671. The number of aromatic hydroxyl groups is 1. The summed E-state index contributed by atoms with van der Waals surface area (Å²) in [7, 11) is -3.75. The summed E-state index contributed by atoms with van der Waals surface area (Å²) in [4.78, 5) is 12.0. The monoisotopic (exact) mass is 372 g/mol. The van der Waals surface area contributed by atoms with Crippen molar-refractivity contribution in [2.45, 2.75) is 38.0 Å². The Labute approximate surface area is 152 Å². The van der Waals surface area contributed by atoms with Crippen LogP contribution in [0, 0.1) is 6.92 Å². The highest BCUT2D eigenvalue weighted by Gasteiger charge is 2.34. The maximum absolute atomic E-state index is 13.0. The van der Waals surface area contributed by atoms with Crippen LogP contribution in [0.1, 0.15) is 53.4 Å². The quantitative estimate of drug-likeness (QED) is 0.832. The first-order chi connectivity index (χ1) is 12.0. The van der Waals surface area contributed by atoms with Crippen LogP contribution in [0.2, 0.25) is 0 Å². The largest absolute Gasteiger partial charge is 0.507 e. The molecule has 0 spiro atoms. The summed E-state index contributed by atoms with van der Waals surface area (Å²) in [5, 5.41) is 20.1. The highest BCUT2D eigenvalue weighted by molar-refractivity contribution is 8.01. The van der Waals surface area contributed by atoms with E-state index in [1.54, 1.807) is 30.3 Å². The van der Waals surface area contributed by atoms with Gasteiger partial charge >= 0.3 is 5.97 Å². The number of fused-ring (bicyclic) bond motifs is 1. The third kappa shape index (κ3) is 2.61. The van der Waals surface area contributed by atoms with E-state index in [2.05, 4.69) is 0 Å². The number of rotatable bonds is 2. The molecule has 0 unspecified atom stereocenters. The second-order valence-corrected chi connectivity index (χ2v) is 9.31. The van der Waals surface area contributed by atoms with Gasteiger partial charge in [-0.15, -0.1) is 0 Å². The molecule has 1 heterocycles. The van der Waals surface area contributed by atoms with Gasteiger partial charge in [0.25, 0.3) is 0 Å². The Balaban J connectivity index is 2.38. The van der Waals surface area contributed by atoms with Crippen LogP contribution in [0.3, 0.4) is 0 Å². The van der Waals surface area contributed by atoms with Crippen LogP contribution < -0.4 is 0 Å². The van der Waals surface area contributed by atoms with E-state index in [0.717, 1.165) is 0 Å². The highest BCUT2D eigenvalue weighted by Crippen LogP contribution is 2.44. The normalized spacial score (nSPS) is 15.5. The van der Waals surface area contributed by atoms with E-state index >= 15 is 0 Å². The van der Waals surface area contributed by atoms with Gasteiger partial charge < -0.3 is 10.2 Å². The lowest BCUT2D eigenvalue weighted by Crippen LogP contribution is -2.16. The van der Waals surface area contributed by atoms with Crippen molar-refractivity contribution in [3.8, 4) is 5.75 Å². The maximum atomic E-state index is 13.0. The first kappa shape index (κ1) is 18.2. The van der Waals surface area contributed by atoms with Gasteiger partial charge in [-0.1, -0.05) is 39.0 Å². The average molecular weight is 372 g/mol. The number of carbonyl (C=O) groups is 1. The molecule has 0 saturated heterocycles. The van der Waals surface area contributed by atoms with E-state index in [9.17, 15) is 23.4 Å². The molecule has 2 N–H and O–H groups in total. The molecule has 0 amide bonds. The Morgan fingerprint density at radius 1 is 1.12 bits per heavy atom. The van der Waals surface area contributed by atoms with Crippen LogP contribution in [0.4, 0.5) is 0 Å². The van der Waals surface area contributed by atoms with Gasteiger partial charge in [-0.25, -0.2) is 13.2 Å². The Morgan fingerprint density at radius 3 is 2.27 bits per heavy atom. The van der Waals surface area contributed by atoms with Crippen molar-refractivity contribution in [3.05, 3.63) is 58.1 Å². The lowest BCUT2D eigenvalue weighted by Gasteiger charge is -2.24. The van der Waals surface area contributed by atoms with Crippen molar-refractivity contribution in [1.82, 2.24) is 0 Å². The summed E-state index contributed by atoms with van der Waals surface area (Å²) < 4.78 is 26.0. The van der Waals surface area contributed by atoms with Crippen LogP contribution >= 0.6 is 0 Å². The zero-order valence-corrected chi connectivity index (χ0v) is 15.8. The lowest BCUT2D eigenvalue weighted by molar-refractivity contribution is 0.0692. The molecule has 2 aromatic rings. The third-order valence-electron chi connectivity index (χ3n) is 4.63. The number of carboxylic acids is 1. The molecule has 0 atom stereocenters. The van der Waals surface area contributed by atoms with Crippen molar-refractivity contribution in [1.29, 1.82) is 0 Å². The number of hydrogen-bond acceptors (Lipinski definition) is 4. The standard InChI is InChI=1S/C20H20O5S/c1-11-13(10-14(20(2,3)4)18(21)17(11)19(22)23)16-9-12-7-5-6-8-15(12)26(16,24)25/h5-10,21H,1-4H3,(H,22,23). The summed E-state index contributed by atoms with van der Waals surface area (Å²) in [6.07, 6.45) is 1.56. The first-order valence-electron chi connectivity index (χ1n) is 8.12. The highest BCUT2D eigenvalue weighted by atomic mass is 32.2. The molecule has 3 rings (SSSR count). The number of aromatic carboxylic acids is 1. The fourth-order valence-electron chi connectivity index (χ4n) is 3.26. The van der Waals surface area contributed by atoms with E-state index in [4.69, 9.17) is 0 Å². The first-order valence-corrected chi connectivity index (χ1v) is 9.61. The van der Waals surface area contributed by atoms with Crippen molar-refractivity contribution < 1.29 is 23.4 Å². The molecule has 136 valence electrons. The molecule has 5 nitrogen and oxygen atoms in total. The minimum Gasteiger partial charge on any atom is -0.507 e. The van der Waals surface area contributed by atoms with E-state index in [1.807, 2.05) is 20.8 Å². The van der Waals surface area contributed by atoms with Gasteiger partial charge in [-0.05, 0) is 47.2 Å². The molecule has 1 aliphatic rings. The smallest absolute Gasteiger partial charge is 0.339 e. The molecule has 6 heteroatoms. The van der Waals surface area contributed by atoms with E-state index < -0.39 is 21.2 Å². The average Bonchev–Trinajstić information content (AvgIpc) is 2.78. The van der Waals surface area contributed by atoms with Crippen LogP contribution in [0.15, 0.2) is 35.2 Å². The van der Waals surface area contributed by atoms with Crippen molar-refractivity contribution in [2.24, 2.45) is 0 Å². The predicted molar refractivity (Wildman–Crippen MR) is 100 cm³/mol. The van der Waals surface area contributed by atoms with Gasteiger partial charge in [-0.3, -0.25) is 0 Å². The van der Waals surface area contributed by atoms with Crippen LogP contribution in [-0.2, 0) is 15.3 Å². The Bertz CT molecular complexity index is 1070. The SMILES string of the molecule is Cc1c(C2=Cc3ccccc3S2(=O)=O)cc(C(C)(C)C)c(O)c1C(=O)O. The van der Waals surface area contributed by atoms with Gasteiger partial charge in [-0.2, -0.15) is 0 Å². The minimum atomic E-state index is -3.75. The summed E-state index contributed by atoms with van der Waals surface area (Å²) >= 11 is 0. The van der Waals surface area contributed by atoms with Crippen LogP contribution in [-0.4, -0.2) is 24.6 Å². The fraction of sp³-hybridized carbons (Fsp3) is 0.250. The fourth-order valence-corrected chi connectivity index (χ4v) is 4.98. The molecular formula is C20H20O5S. The number of sulfone groups is 1.